The van der Waals surface area contributed by atoms with Crippen LogP contribution in [0.3, 0.4) is 0 Å². The highest BCUT2D eigenvalue weighted by atomic mass is 79.9. The van der Waals surface area contributed by atoms with Crippen LogP contribution in [-0.4, -0.2) is 29.0 Å². The first-order valence-electron chi connectivity index (χ1n) is 5.68. The fourth-order valence-electron chi connectivity index (χ4n) is 2.35. The van der Waals surface area contributed by atoms with E-state index in [2.05, 4.69) is 21.2 Å². The smallest absolute Gasteiger partial charge is 0.234 e. The summed E-state index contributed by atoms with van der Waals surface area (Å²) in [6.45, 7) is 4.08. The van der Waals surface area contributed by atoms with Gasteiger partial charge in [0, 0.05) is 0 Å². The molecule has 1 amide bonds. The highest BCUT2D eigenvalue weighted by Gasteiger charge is 2.41. The molecule has 2 rings (SSSR count). The zero-order chi connectivity index (χ0) is 11.0. The lowest BCUT2D eigenvalue weighted by atomic mass is 9.95. The molecule has 1 N–H and O–H groups in total. The van der Waals surface area contributed by atoms with Crippen molar-refractivity contribution in [2.75, 3.05) is 0 Å². The Hall–Kier alpha value is -0.0900. The summed E-state index contributed by atoms with van der Waals surface area (Å²) in [5.41, 5.74) is 0. The maximum atomic E-state index is 11.8. The van der Waals surface area contributed by atoms with Crippen molar-refractivity contribution in [1.82, 2.24) is 5.32 Å². The molecule has 2 bridgehead atoms. The summed E-state index contributed by atoms with van der Waals surface area (Å²) in [7, 11) is 0. The van der Waals surface area contributed by atoms with Crippen LogP contribution in [0.25, 0.3) is 0 Å². The number of alkyl halides is 1. The van der Waals surface area contributed by atoms with Gasteiger partial charge in [-0.05, 0) is 25.2 Å². The molecule has 0 radical (unpaired) electrons. The molecule has 0 spiro atoms. The first kappa shape index (κ1) is 11.4. The second-order valence-electron chi connectivity index (χ2n) is 4.87. The average Bonchev–Trinajstić information content (AvgIpc) is 2.77. The third-order valence-corrected chi connectivity index (χ3v) is 4.74. The van der Waals surface area contributed by atoms with E-state index < -0.39 is 0 Å². The summed E-state index contributed by atoms with van der Waals surface area (Å²) in [6, 6.07) is 0.245. The SMILES string of the molecule is CC(C)C(Br)C(=O)NC1CC2CCC1O2. The number of hydrogen-bond donors (Lipinski definition) is 1. The fraction of sp³-hybridized carbons (Fsp3) is 0.909. The van der Waals surface area contributed by atoms with Gasteiger partial charge in [0.15, 0.2) is 0 Å². The van der Waals surface area contributed by atoms with Crippen LogP contribution in [-0.2, 0) is 9.53 Å². The molecule has 2 heterocycles. The third kappa shape index (κ3) is 2.36. The normalized spacial score (nSPS) is 35.9. The van der Waals surface area contributed by atoms with Gasteiger partial charge in [-0.3, -0.25) is 4.79 Å². The molecule has 86 valence electrons. The van der Waals surface area contributed by atoms with Gasteiger partial charge in [0.2, 0.25) is 5.91 Å². The minimum absolute atomic E-state index is 0.0865. The number of amides is 1. The largest absolute Gasteiger partial charge is 0.373 e. The zero-order valence-corrected chi connectivity index (χ0v) is 10.8. The summed E-state index contributed by atoms with van der Waals surface area (Å²) in [5, 5.41) is 3.08. The van der Waals surface area contributed by atoms with Crippen LogP contribution in [0, 0.1) is 5.92 Å². The second kappa shape index (κ2) is 4.42. The molecule has 0 aromatic heterocycles. The lowest BCUT2D eigenvalue weighted by molar-refractivity contribution is -0.122. The second-order valence-corrected chi connectivity index (χ2v) is 5.86. The van der Waals surface area contributed by atoms with Gasteiger partial charge in [0.25, 0.3) is 0 Å². The Balaban J connectivity index is 1.85. The van der Waals surface area contributed by atoms with E-state index in [4.69, 9.17) is 4.74 Å². The zero-order valence-electron chi connectivity index (χ0n) is 9.20. The summed E-state index contributed by atoms with van der Waals surface area (Å²) >= 11 is 3.42. The highest BCUT2D eigenvalue weighted by Crippen LogP contribution is 2.34. The van der Waals surface area contributed by atoms with Gasteiger partial charge in [-0.25, -0.2) is 0 Å². The lowest BCUT2D eigenvalue weighted by Crippen LogP contribution is -2.45. The summed E-state index contributed by atoms with van der Waals surface area (Å²) in [6.07, 6.45) is 3.93. The molecule has 3 nitrogen and oxygen atoms in total. The first-order chi connectivity index (χ1) is 7.08. The number of ether oxygens (including phenoxy) is 1. The predicted octanol–water partition coefficient (Wildman–Crippen LogP) is 1.84. The Bertz CT molecular complexity index is 257. The van der Waals surface area contributed by atoms with Gasteiger partial charge in [-0.1, -0.05) is 29.8 Å². The molecule has 4 heteroatoms. The van der Waals surface area contributed by atoms with Crippen molar-refractivity contribution in [1.29, 1.82) is 0 Å². The topological polar surface area (TPSA) is 38.3 Å². The van der Waals surface area contributed by atoms with Crippen LogP contribution >= 0.6 is 15.9 Å². The Morgan fingerprint density at radius 2 is 2.20 bits per heavy atom. The van der Waals surface area contributed by atoms with Gasteiger partial charge in [0.1, 0.15) is 0 Å². The molecule has 4 atom stereocenters. The van der Waals surface area contributed by atoms with Crippen LogP contribution in [0.4, 0.5) is 0 Å². The number of rotatable bonds is 3. The molecular weight excluding hydrogens is 258 g/mol. The molecule has 0 aliphatic carbocycles. The summed E-state index contributed by atoms with van der Waals surface area (Å²) < 4.78 is 5.70. The van der Waals surface area contributed by atoms with Gasteiger partial charge in [-0.2, -0.15) is 0 Å². The van der Waals surface area contributed by atoms with Crippen LogP contribution in [0.5, 0.6) is 0 Å². The van der Waals surface area contributed by atoms with E-state index in [0.29, 0.717) is 12.0 Å². The van der Waals surface area contributed by atoms with Crippen molar-refractivity contribution in [3.8, 4) is 0 Å². The minimum Gasteiger partial charge on any atom is -0.373 e. The lowest BCUT2D eigenvalue weighted by Gasteiger charge is -2.22. The summed E-state index contributed by atoms with van der Waals surface area (Å²) in [4.78, 5) is 11.7. The van der Waals surface area contributed by atoms with Crippen molar-refractivity contribution >= 4 is 21.8 Å². The first-order valence-corrected chi connectivity index (χ1v) is 6.59. The molecule has 0 aromatic carbocycles. The maximum absolute atomic E-state index is 11.8. The van der Waals surface area contributed by atoms with E-state index in [1.807, 2.05) is 13.8 Å². The van der Waals surface area contributed by atoms with E-state index in [9.17, 15) is 4.79 Å². The van der Waals surface area contributed by atoms with Gasteiger partial charge in [0.05, 0.1) is 23.1 Å². The Morgan fingerprint density at radius 3 is 2.67 bits per heavy atom. The number of fused-ring (bicyclic) bond motifs is 2. The van der Waals surface area contributed by atoms with Gasteiger partial charge in [-0.15, -0.1) is 0 Å². The van der Waals surface area contributed by atoms with E-state index in [1.54, 1.807) is 0 Å². The number of hydrogen-bond acceptors (Lipinski definition) is 2. The summed E-state index contributed by atoms with van der Waals surface area (Å²) in [5.74, 6) is 0.427. The highest BCUT2D eigenvalue weighted by molar-refractivity contribution is 9.10. The monoisotopic (exact) mass is 275 g/mol. The molecule has 0 aromatic rings. The predicted molar refractivity (Wildman–Crippen MR) is 62.0 cm³/mol. The van der Waals surface area contributed by atoms with Gasteiger partial charge < -0.3 is 10.1 Å². The van der Waals surface area contributed by atoms with E-state index in [1.165, 1.54) is 6.42 Å². The molecule has 0 saturated carbocycles. The quantitative estimate of drug-likeness (QED) is 0.799. The Morgan fingerprint density at radius 1 is 1.47 bits per heavy atom. The number of carbonyl (C=O) groups excluding carboxylic acids is 1. The van der Waals surface area contributed by atoms with Crippen molar-refractivity contribution in [3.05, 3.63) is 0 Å². The van der Waals surface area contributed by atoms with Crippen LogP contribution in [0.2, 0.25) is 0 Å². The number of carbonyl (C=O) groups is 1. The molecule has 2 aliphatic rings. The molecule has 2 saturated heterocycles. The van der Waals surface area contributed by atoms with Crippen molar-refractivity contribution in [2.24, 2.45) is 5.92 Å². The third-order valence-electron chi connectivity index (χ3n) is 3.27. The molecule has 4 unspecified atom stereocenters. The fourth-order valence-corrected chi connectivity index (χ4v) is 2.49. The Kier molecular flexibility index (Phi) is 3.36. The van der Waals surface area contributed by atoms with E-state index in [0.717, 1.165) is 12.8 Å². The van der Waals surface area contributed by atoms with E-state index >= 15 is 0 Å². The molecule has 15 heavy (non-hydrogen) atoms. The molecule has 2 fully saturated rings. The number of nitrogens with one attached hydrogen (secondary N) is 1. The Labute approximate surface area is 99.1 Å². The number of halogens is 1. The molecular formula is C11H18BrNO2. The van der Waals surface area contributed by atoms with Crippen molar-refractivity contribution in [3.63, 3.8) is 0 Å². The van der Waals surface area contributed by atoms with Crippen LogP contribution in [0.15, 0.2) is 0 Å². The standard InChI is InChI=1S/C11H18BrNO2/c1-6(2)10(12)11(14)13-8-5-7-3-4-9(8)15-7/h6-10H,3-5H2,1-2H3,(H,13,14). The van der Waals surface area contributed by atoms with E-state index in [-0.39, 0.29) is 22.9 Å². The minimum atomic E-state index is -0.0865. The van der Waals surface area contributed by atoms with Gasteiger partial charge >= 0.3 is 0 Å². The van der Waals surface area contributed by atoms with Crippen LogP contribution in [0.1, 0.15) is 33.1 Å². The maximum Gasteiger partial charge on any atom is 0.234 e. The average molecular weight is 276 g/mol. The molecule has 2 aliphatic heterocycles. The van der Waals surface area contributed by atoms with Crippen LogP contribution < -0.4 is 5.32 Å². The van der Waals surface area contributed by atoms with Crippen molar-refractivity contribution in [2.45, 2.75) is 56.2 Å². The van der Waals surface area contributed by atoms with Crippen molar-refractivity contribution < 1.29 is 9.53 Å².